The Morgan fingerprint density at radius 2 is 2.00 bits per heavy atom. The molecule has 17 heavy (non-hydrogen) atoms. The number of esters is 1. The van der Waals surface area contributed by atoms with Crippen molar-refractivity contribution in [3.05, 3.63) is 28.2 Å². The fourth-order valence-corrected chi connectivity index (χ4v) is 1.77. The highest BCUT2D eigenvalue weighted by Crippen LogP contribution is 2.33. The van der Waals surface area contributed by atoms with Gasteiger partial charge in [-0.2, -0.15) is 0 Å². The highest BCUT2D eigenvalue weighted by atomic mass is 79.9. The van der Waals surface area contributed by atoms with Crippen molar-refractivity contribution >= 4 is 21.9 Å². The average Bonchev–Trinajstić information content (AvgIpc) is 2.25. The molecule has 0 saturated heterocycles. The third-order valence-electron chi connectivity index (χ3n) is 2.32. The molecule has 0 unspecified atom stereocenters. The predicted octanol–water partition coefficient (Wildman–Crippen LogP) is 3.30. The van der Waals surface area contributed by atoms with Gasteiger partial charge in [0.2, 0.25) is 0 Å². The maximum absolute atomic E-state index is 11.1. The highest BCUT2D eigenvalue weighted by Gasteiger charge is 2.19. The summed E-state index contributed by atoms with van der Waals surface area (Å²) in [5.41, 5.74) is 1.01. The zero-order valence-electron chi connectivity index (χ0n) is 10.5. The molecule has 3 nitrogen and oxygen atoms in total. The Labute approximate surface area is 110 Å². The van der Waals surface area contributed by atoms with Crippen LogP contribution >= 0.6 is 15.9 Å². The van der Waals surface area contributed by atoms with Gasteiger partial charge in [0, 0.05) is 10.0 Å². The summed E-state index contributed by atoms with van der Waals surface area (Å²) in [7, 11) is 1.35. The lowest BCUT2D eigenvalue weighted by molar-refractivity contribution is -0.142. The lowest BCUT2D eigenvalue weighted by Gasteiger charge is -2.22. The van der Waals surface area contributed by atoms with Gasteiger partial charge >= 0.3 is 5.97 Å². The van der Waals surface area contributed by atoms with E-state index in [0.717, 1.165) is 10.0 Å². The Bertz CT molecular complexity index is 408. The SMILES string of the molecule is COC(=O)COc1ccc(Br)cc1C(C)(C)C. The summed E-state index contributed by atoms with van der Waals surface area (Å²) >= 11 is 3.44. The molecule has 0 bridgehead atoms. The van der Waals surface area contributed by atoms with Crippen LogP contribution in [0.2, 0.25) is 0 Å². The van der Waals surface area contributed by atoms with Crippen LogP contribution < -0.4 is 4.74 Å². The van der Waals surface area contributed by atoms with E-state index in [0.29, 0.717) is 5.75 Å². The van der Waals surface area contributed by atoms with Gasteiger partial charge in [0.15, 0.2) is 6.61 Å². The number of rotatable bonds is 3. The van der Waals surface area contributed by atoms with Gasteiger partial charge in [0.1, 0.15) is 5.75 Å². The first-order valence-corrected chi connectivity index (χ1v) is 6.13. The Morgan fingerprint density at radius 1 is 1.35 bits per heavy atom. The first-order chi connectivity index (χ1) is 7.84. The largest absolute Gasteiger partial charge is 0.482 e. The minimum Gasteiger partial charge on any atom is -0.482 e. The molecule has 1 aromatic carbocycles. The van der Waals surface area contributed by atoms with Crippen LogP contribution in [-0.4, -0.2) is 19.7 Å². The maximum Gasteiger partial charge on any atom is 0.343 e. The smallest absolute Gasteiger partial charge is 0.343 e. The second kappa shape index (κ2) is 5.54. The van der Waals surface area contributed by atoms with Gasteiger partial charge in [-0.15, -0.1) is 0 Å². The van der Waals surface area contributed by atoms with E-state index in [-0.39, 0.29) is 18.0 Å². The second-order valence-electron chi connectivity index (χ2n) is 4.76. The summed E-state index contributed by atoms with van der Waals surface area (Å²) in [6, 6.07) is 5.75. The van der Waals surface area contributed by atoms with E-state index >= 15 is 0 Å². The number of carbonyl (C=O) groups excluding carboxylic acids is 1. The Kier molecular flexibility index (Phi) is 4.57. The monoisotopic (exact) mass is 300 g/mol. The van der Waals surface area contributed by atoms with Crippen molar-refractivity contribution < 1.29 is 14.3 Å². The zero-order chi connectivity index (χ0) is 13.1. The van der Waals surface area contributed by atoms with Crippen LogP contribution in [0.5, 0.6) is 5.75 Å². The Hall–Kier alpha value is -1.03. The maximum atomic E-state index is 11.1. The van der Waals surface area contributed by atoms with Gasteiger partial charge in [0.25, 0.3) is 0 Å². The fourth-order valence-electron chi connectivity index (χ4n) is 1.41. The molecule has 0 atom stereocenters. The molecule has 0 heterocycles. The Balaban J connectivity index is 2.95. The normalized spacial score (nSPS) is 11.1. The molecule has 0 saturated carbocycles. The molecule has 0 fully saturated rings. The third kappa shape index (κ3) is 4.04. The first-order valence-electron chi connectivity index (χ1n) is 5.34. The molecule has 4 heteroatoms. The molecular weight excluding hydrogens is 284 g/mol. The number of ether oxygens (including phenoxy) is 2. The van der Waals surface area contributed by atoms with Crippen LogP contribution in [0, 0.1) is 0 Å². The molecule has 0 aliphatic carbocycles. The minimum absolute atomic E-state index is 0.0464. The Morgan fingerprint density at radius 3 is 2.53 bits per heavy atom. The summed E-state index contributed by atoms with van der Waals surface area (Å²) < 4.78 is 11.0. The molecular formula is C13H17BrO3. The van der Waals surface area contributed by atoms with Crippen LogP contribution in [0.25, 0.3) is 0 Å². The van der Waals surface area contributed by atoms with Crippen molar-refractivity contribution in [1.82, 2.24) is 0 Å². The molecule has 0 radical (unpaired) electrons. The molecule has 0 aliphatic rings. The van der Waals surface area contributed by atoms with Crippen LogP contribution in [0.3, 0.4) is 0 Å². The van der Waals surface area contributed by atoms with Crippen molar-refractivity contribution in [2.24, 2.45) is 0 Å². The topological polar surface area (TPSA) is 35.5 Å². The lowest BCUT2D eigenvalue weighted by atomic mass is 9.86. The summed E-state index contributed by atoms with van der Waals surface area (Å²) in [5, 5.41) is 0. The molecule has 1 rings (SSSR count). The zero-order valence-corrected chi connectivity index (χ0v) is 12.1. The van der Waals surface area contributed by atoms with E-state index in [4.69, 9.17) is 4.74 Å². The van der Waals surface area contributed by atoms with E-state index in [1.54, 1.807) is 0 Å². The standard InChI is InChI=1S/C13H17BrO3/c1-13(2,3)10-7-9(14)5-6-11(10)17-8-12(15)16-4/h5-7H,8H2,1-4H3. The van der Waals surface area contributed by atoms with Gasteiger partial charge < -0.3 is 9.47 Å². The van der Waals surface area contributed by atoms with E-state index in [9.17, 15) is 4.79 Å². The predicted molar refractivity (Wildman–Crippen MR) is 70.4 cm³/mol. The van der Waals surface area contributed by atoms with Gasteiger partial charge in [-0.3, -0.25) is 0 Å². The van der Waals surface area contributed by atoms with Crippen LogP contribution in [0.4, 0.5) is 0 Å². The van der Waals surface area contributed by atoms with Crippen molar-refractivity contribution in [2.45, 2.75) is 26.2 Å². The van der Waals surface area contributed by atoms with E-state index in [2.05, 4.69) is 41.4 Å². The molecule has 0 aliphatic heterocycles. The second-order valence-corrected chi connectivity index (χ2v) is 5.67. The van der Waals surface area contributed by atoms with Crippen molar-refractivity contribution in [1.29, 1.82) is 0 Å². The number of hydrogen-bond donors (Lipinski definition) is 0. The van der Waals surface area contributed by atoms with E-state index < -0.39 is 0 Å². The number of carbonyl (C=O) groups is 1. The first kappa shape index (κ1) is 14.0. The molecule has 0 N–H and O–H groups in total. The summed E-state index contributed by atoms with van der Waals surface area (Å²) in [6.45, 7) is 6.22. The molecule has 0 spiro atoms. The molecule has 0 aromatic heterocycles. The third-order valence-corrected chi connectivity index (χ3v) is 2.82. The summed E-state index contributed by atoms with van der Waals surface area (Å²) in [5.74, 6) is 0.332. The number of hydrogen-bond acceptors (Lipinski definition) is 3. The lowest BCUT2D eigenvalue weighted by Crippen LogP contribution is -2.17. The van der Waals surface area contributed by atoms with Gasteiger partial charge in [-0.1, -0.05) is 36.7 Å². The fraction of sp³-hybridized carbons (Fsp3) is 0.462. The van der Waals surface area contributed by atoms with Gasteiger partial charge in [0.05, 0.1) is 7.11 Å². The van der Waals surface area contributed by atoms with Crippen LogP contribution in [-0.2, 0) is 14.9 Å². The van der Waals surface area contributed by atoms with Crippen molar-refractivity contribution in [3.8, 4) is 5.75 Å². The average molecular weight is 301 g/mol. The quantitative estimate of drug-likeness (QED) is 0.804. The minimum atomic E-state index is -0.382. The van der Waals surface area contributed by atoms with E-state index in [1.807, 2.05) is 18.2 Å². The number of halogens is 1. The van der Waals surface area contributed by atoms with Crippen molar-refractivity contribution in [2.75, 3.05) is 13.7 Å². The molecule has 1 aromatic rings. The summed E-state index contributed by atoms with van der Waals surface area (Å²) in [4.78, 5) is 11.1. The van der Waals surface area contributed by atoms with Crippen LogP contribution in [0.15, 0.2) is 22.7 Å². The molecule has 0 amide bonds. The number of benzene rings is 1. The van der Waals surface area contributed by atoms with Gasteiger partial charge in [-0.25, -0.2) is 4.79 Å². The number of methoxy groups -OCH3 is 1. The van der Waals surface area contributed by atoms with Crippen LogP contribution in [0.1, 0.15) is 26.3 Å². The summed E-state index contributed by atoms with van der Waals surface area (Å²) in [6.07, 6.45) is 0. The van der Waals surface area contributed by atoms with Gasteiger partial charge in [-0.05, 0) is 23.6 Å². The highest BCUT2D eigenvalue weighted by molar-refractivity contribution is 9.10. The van der Waals surface area contributed by atoms with Crippen molar-refractivity contribution in [3.63, 3.8) is 0 Å². The van der Waals surface area contributed by atoms with E-state index in [1.165, 1.54) is 7.11 Å². The molecule has 94 valence electrons.